The van der Waals surface area contributed by atoms with E-state index in [1.165, 1.54) is 18.5 Å². The molecular formula is C13H29N. The van der Waals surface area contributed by atoms with E-state index in [-0.39, 0.29) is 0 Å². The molecule has 0 unspecified atom stereocenters. The molecule has 0 heterocycles. The van der Waals surface area contributed by atoms with Gasteiger partial charge >= 0.3 is 0 Å². The number of hydrogen-bond acceptors (Lipinski definition) is 1. The van der Waals surface area contributed by atoms with Crippen molar-refractivity contribution in [3.8, 4) is 0 Å². The third-order valence-corrected chi connectivity index (χ3v) is 2.02. The van der Waals surface area contributed by atoms with E-state index in [9.17, 15) is 0 Å². The van der Waals surface area contributed by atoms with Crippen molar-refractivity contribution < 1.29 is 0 Å². The zero-order valence-corrected chi connectivity index (χ0v) is 11.1. The Labute approximate surface area is 91.0 Å². The van der Waals surface area contributed by atoms with Crippen molar-refractivity contribution in [1.29, 1.82) is 0 Å². The first kappa shape index (κ1) is 16.0. The zero-order chi connectivity index (χ0) is 11.6. The molecule has 1 nitrogen and oxygen atoms in total. The summed E-state index contributed by atoms with van der Waals surface area (Å²) in [6.45, 7) is 13.0. The van der Waals surface area contributed by atoms with Crippen molar-refractivity contribution in [2.45, 2.75) is 54.4 Å². The Balaban J connectivity index is 0. The zero-order valence-electron chi connectivity index (χ0n) is 11.1. The second kappa shape index (κ2) is 10.6. The van der Waals surface area contributed by atoms with Crippen molar-refractivity contribution in [2.24, 2.45) is 11.8 Å². The van der Waals surface area contributed by atoms with Crippen LogP contribution in [0.25, 0.3) is 0 Å². The van der Waals surface area contributed by atoms with Gasteiger partial charge in [-0.1, -0.05) is 47.6 Å². The van der Waals surface area contributed by atoms with Crippen LogP contribution in [0.1, 0.15) is 54.4 Å². The summed E-state index contributed by atoms with van der Waals surface area (Å²) in [6.07, 6.45) is 4.81. The SMILES string of the molecule is CC.CN/C(=C\CCC(C)C)C(C)C. The lowest BCUT2D eigenvalue weighted by molar-refractivity contribution is 0.586. The summed E-state index contributed by atoms with van der Waals surface area (Å²) < 4.78 is 0. The third-order valence-electron chi connectivity index (χ3n) is 2.02. The number of nitrogens with one attached hydrogen (secondary N) is 1. The van der Waals surface area contributed by atoms with Crippen molar-refractivity contribution in [1.82, 2.24) is 5.32 Å². The average Bonchev–Trinajstić information content (AvgIpc) is 2.14. The van der Waals surface area contributed by atoms with Crippen LogP contribution < -0.4 is 5.32 Å². The molecule has 0 rings (SSSR count). The number of allylic oxidation sites excluding steroid dienone is 2. The van der Waals surface area contributed by atoms with Crippen LogP contribution in [0.5, 0.6) is 0 Å². The Morgan fingerprint density at radius 3 is 1.93 bits per heavy atom. The molecule has 14 heavy (non-hydrogen) atoms. The summed E-state index contributed by atoms with van der Waals surface area (Å²) in [4.78, 5) is 0. The topological polar surface area (TPSA) is 12.0 Å². The molecule has 1 N–H and O–H groups in total. The summed E-state index contributed by atoms with van der Waals surface area (Å²) in [5.41, 5.74) is 1.37. The molecule has 0 amide bonds. The molecule has 86 valence electrons. The van der Waals surface area contributed by atoms with Crippen LogP contribution >= 0.6 is 0 Å². The Bertz CT molecular complexity index is 134. The van der Waals surface area contributed by atoms with Crippen LogP contribution in [-0.4, -0.2) is 7.05 Å². The van der Waals surface area contributed by atoms with Crippen molar-refractivity contribution >= 4 is 0 Å². The maximum absolute atomic E-state index is 3.24. The van der Waals surface area contributed by atoms with Gasteiger partial charge in [0.25, 0.3) is 0 Å². The van der Waals surface area contributed by atoms with Gasteiger partial charge in [0.1, 0.15) is 0 Å². The smallest absolute Gasteiger partial charge is 0.00894 e. The van der Waals surface area contributed by atoms with Gasteiger partial charge in [-0.3, -0.25) is 0 Å². The minimum atomic E-state index is 0.627. The molecular weight excluding hydrogens is 170 g/mol. The lowest BCUT2D eigenvalue weighted by atomic mass is 10.0. The van der Waals surface area contributed by atoms with Gasteiger partial charge in [-0.2, -0.15) is 0 Å². The fourth-order valence-corrected chi connectivity index (χ4v) is 1.20. The Morgan fingerprint density at radius 2 is 1.64 bits per heavy atom. The van der Waals surface area contributed by atoms with Crippen molar-refractivity contribution in [3.05, 3.63) is 11.8 Å². The molecule has 1 heteroatoms. The van der Waals surface area contributed by atoms with E-state index in [1.54, 1.807) is 0 Å². The number of rotatable bonds is 5. The van der Waals surface area contributed by atoms with E-state index < -0.39 is 0 Å². The minimum Gasteiger partial charge on any atom is -0.391 e. The first-order chi connectivity index (χ1) is 6.57. The Hall–Kier alpha value is -0.460. The number of hydrogen-bond donors (Lipinski definition) is 1. The lowest BCUT2D eigenvalue weighted by Gasteiger charge is -2.10. The molecule has 0 aromatic carbocycles. The van der Waals surface area contributed by atoms with Crippen LogP contribution in [0.15, 0.2) is 11.8 Å². The molecule has 0 saturated carbocycles. The van der Waals surface area contributed by atoms with Crippen LogP contribution in [0.2, 0.25) is 0 Å². The van der Waals surface area contributed by atoms with Gasteiger partial charge in [0, 0.05) is 12.7 Å². The Kier molecular flexibility index (Phi) is 12.1. The summed E-state index contributed by atoms with van der Waals surface area (Å²) in [7, 11) is 2.00. The van der Waals surface area contributed by atoms with Gasteiger partial charge in [-0.05, 0) is 24.7 Å². The highest BCUT2D eigenvalue weighted by molar-refractivity contribution is 5.01. The lowest BCUT2D eigenvalue weighted by Crippen LogP contribution is -2.11. The molecule has 0 aliphatic heterocycles. The monoisotopic (exact) mass is 199 g/mol. The fourth-order valence-electron chi connectivity index (χ4n) is 1.20. The standard InChI is InChI=1S/C11H23N.C2H6/c1-9(2)7-6-8-11(12-5)10(3)4;1-2/h8-10,12H,6-7H2,1-5H3;1-2H3/b11-8-;. The fraction of sp³-hybridized carbons (Fsp3) is 0.846. The van der Waals surface area contributed by atoms with Gasteiger partial charge in [-0.25, -0.2) is 0 Å². The van der Waals surface area contributed by atoms with Gasteiger partial charge in [0.2, 0.25) is 0 Å². The second-order valence-corrected chi connectivity index (χ2v) is 4.04. The summed E-state index contributed by atoms with van der Waals surface area (Å²) >= 11 is 0. The maximum Gasteiger partial charge on any atom is 0.00894 e. The highest BCUT2D eigenvalue weighted by Gasteiger charge is 1.99. The second-order valence-electron chi connectivity index (χ2n) is 4.04. The largest absolute Gasteiger partial charge is 0.391 e. The van der Waals surface area contributed by atoms with Crippen LogP contribution in [-0.2, 0) is 0 Å². The van der Waals surface area contributed by atoms with Crippen LogP contribution in [0.3, 0.4) is 0 Å². The predicted molar refractivity (Wildman–Crippen MR) is 67.4 cm³/mol. The maximum atomic E-state index is 3.24. The van der Waals surface area contributed by atoms with Gasteiger partial charge < -0.3 is 5.32 Å². The summed E-state index contributed by atoms with van der Waals surface area (Å²) in [5.74, 6) is 1.44. The summed E-state index contributed by atoms with van der Waals surface area (Å²) in [6, 6.07) is 0. The molecule has 0 radical (unpaired) electrons. The highest BCUT2D eigenvalue weighted by Crippen LogP contribution is 2.10. The van der Waals surface area contributed by atoms with E-state index in [4.69, 9.17) is 0 Å². The highest BCUT2D eigenvalue weighted by atomic mass is 14.8. The van der Waals surface area contributed by atoms with Crippen molar-refractivity contribution in [2.75, 3.05) is 7.05 Å². The van der Waals surface area contributed by atoms with Crippen LogP contribution in [0, 0.1) is 11.8 Å². The first-order valence-electron chi connectivity index (χ1n) is 5.95. The molecule has 0 bridgehead atoms. The molecule has 0 saturated heterocycles. The van der Waals surface area contributed by atoms with Crippen LogP contribution in [0.4, 0.5) is 0 Å². The van der Waals surface area contributed by atoms with Crippen molar-refractivity contribution in [3.63, 3.8) is 0 Å². The Morgan fingerprint density at radius 1 is 1.14 bits per heavy atom. The third kappa shape index (κ3) is 9.63. The van der Waals surface area contributed by atoms with E-state index in [0.717, 1.165) is 5.92 Å². The van der Waals surface area contributed by atoms with E-state index in [2.05, 4.69) is 39.1 Å². The van der Waals surface area contributed by atoms with E-state index >= 15 is 0 Å². The molecule has 0 spiro atoms. The summed E-state index contributed by atoms with van der Waals surface area (Å²) in [5, 5.41) is 3.24. The predicted octanol–water partition coefficient (Wildman–Crippen LogP) is 4.21. The molecule has 0 aromatic heterocycles. The average molecular weight is 199 g/mol. The van der Waals surface area contributed by atoms with Gasteiger partial charge in [-0.15, -0.1) is 0 Å². The molecule has 0 atom stereocenters. The quantitative estimate of drug-likeness (QED) is 0.699. The van der Waals surface area contributed by atoms with Gasteiger partial charge in [0.05, 0.1) is 0 Å². The molecule has 0 fully saturated rings. The van der Waals surface area contributed by atoms with Gasteiger partial charge in [0.15, 0.2) is 0 Å². The molecule has 0 aliphatic carbocycles. The molecule has 0 aliphatic rings. The first-order valence-corrected chi connectivity index (χ1v) is 5.95. The van der Waals surface area contributed by atoms with E-state index in [0.29, 0.717) is 5.92 Å². The normalized spacial score (nSPS) is 11.4. The molecule has 0 aromatic rings. The minimum absolute atomic E-state index is 0.627. The van der Waals surface area contributed by atoms with E-state index in [1.807, 2.05) is 20.9 Å².